The molecule has 2 aromatic heterocycles. The van der Waals surface area contributed by atoms with E-state index in [9.17, 15) is 9.90 Å². The number of carbonyl (C=O) groups is 1. The summed E-state index contributed by atoms with van der Waals surface area (Å²) in [5.41, 5.74) is 9.35. The lowest BCUT2D eigenvalue weighted by molar-refractivity contribution is 0.100. The topological polar surface area (TPSA) is 105 Å². The zero-order chi connectivity index (χ0) is 18.8. The molecule has 0 atom stereocenters. The van der Waals surface area contributed by atoms with E-state index in [2.05, 4.69) is 15.2 Å². The zero-order valence-electron chi connectivity index (χ0n) is 14.3. The molecule has 0 unspecified atom stereocenters. The smallest absolute Gasteiger partial charge is 0.249 e. The van der Waals surface area contributed by atoms with Crippen LogP contribution in [0.2, 0.25) is 0 Å². The molecule has 4 rings (SSSR count). The summed E-state index contributed by atoms with van der Waals surface area (Å²) >= 11 is 0. The predicted octanol–water partition coefficient (Wildman–Crippen LogP) is 3.60. The van der Waals surface area contributed by atoms with Crippen LogP contribution in [0.1, 0.15) is 21.6 Å². The molecule has 0 saturated carbocycles. The molecule has 0 aliphatic carbocycles. The number of nitrogens with one attached hydrogen (secondary N) is 1. The standard InChI is InChI=1S/C21H16N4O2/c22-20(27)16-12-18(14-7-9-15(26)10-8-14)23-21-19(16)17(24-25-21)11-6-13-4-2-1-3-5-13/h1-12,26H,(H2,22,27)(H,23,24,25). The van der Waals surface area contributed by atoms with Gasteiger partial charge in [-0.1, -0.05) is 36.4 Å². The van der Waals surface area contributed by atoms with Crippen LogP contribution < -0.4 is 5.73 Å². The summed E-state index contributed by atoms with van der Waals surface area (Å²) in [5.74, 6) is -0.402. The van der Waals surface area contributed by atoms with Crippen molar-refractivity contribution in [2.45, 2.75) is 0 Å². The van der Waals surface area contributed by atoms with Crippen LogP contribution in [-0.2, 0) is 0 Å². The third kappa shape index (κ3) is 3.28. The third-order valence-electron chi connectivity index (χ3n) is 4.22. The van der Waals surface area contributed by atoms with Crippen LogP contribution in [-0.4, -0.2) is 26.2 Å². The van der Waals surface area contributed by atoms with E-state index in [4.69, 9.17) is 5.73 Å². The van der Waals surface area contributed by atoms with Crippen LogP contribution >= 0.6 is 0 Å². The lowest BCUT2D eigenvalue weighted by Gasteiger charge is -2.05. The number of aromatic amines is 1. The second-order valence-electron chi connectivity index (χ2n) is 6.05. The number of nitrogens with zero attached hydrogens (tertiary/aromatic N) is 2. The molecule has 2 aromatic carbocycles. The number of hydrogen-bond acceptors (Lipinski definition) is 4. The number of H-pyrrole nitrogens is 1. The fourth-order valence-corrected chi connectivity index (χ4v) is 2.89. The minimum absolute atomic E-state index is 0.156. The van der Waals surface area contributed by atoms with Gasteiger partial charge >= 0.3 is 0 Å². The Bertz CT molecular complexity index is 1150. The van der Waals surface area contributed by atoms with Gasteiger partial charge in [-0.2, -0.15) is 5.10 Å². The number of fused-ring (bicyclic) bond motifs is 1. The summed E-state index contributed by atoms with van der Waals surface area (Å²) < 4.78 is 0. The van der Waals surface area contributed by atoms with E-state index in [0.29, 0.717) is 28.0 Å². The first-order valence-electron chi connectivity index (χ1n) is 8.33. The highest BCUT2D eigenvalue weighted by molar-refractivity contribution is 6.08. The predicted molar refractivity (Wildman–Crippen MR) is 105 cm³/mol. The Morgan fingerprint density at radius 3 is 2.48 bits per heavy atom. The Kier molecular flexibility index (Phi) is 4.14. The second-order valence-corrected chi connectivity index (χ2v) is 6.05. The number of aromatic nitrogens is 3. The molecule has 132 valence electrons. The first-order valence-corrected chi connectivity index (χ1v) is 8.33. The van der Waals surface area contributed by atoms with Gasteiger partial charge in [0.25, 0.3) is 0 Å². The summed E-state index contributed by atoms with van der Waals surface area (Å²) in [6.07, 6.45) is 3.77. The highest BCUT2D eigenvalue weighted by Crippen LogP contribution is 2.27. The van der Waals surface area contributed by atoms with Gasteiger partial charge in [0.1, 0.15) is 5.75 Å². The lowest BCUT2D eigenvalue weighted by atomic mass is 10.0. The molecule has 4 N–H and O–H groups in total. The largest absolute Gasteiger partial charge is 0.508 e. The quantitative estimate of drug-likeness (QED) is 0.519. The fraction of sp³-hybridized carbons (Fsp3) is 0. The summed E-state index contributed by atoms with van der Waals surface area (Å²) in [7, 11) is 0. The highest BCUT2D eigenvalue weighted by atomic mass is 16.3. The van der Waals surface area contributed by atoms with Crippen molar-refractivity contribution in [2.24, 2.45) is 5.73 Å². The van der Waals surface area contributed by atoms with Crippen LogP contribution in [0.15, 0.2) is 60.7 Å². The van der Waals surface area contributed by atoms with Gasteiger partial charge in [-0.25, -0.2) is 4.98 Å². The lowest BCUT2D eigenvalue weighted by Crippen LogP contribution is -2.12. The average molecular weight is 356 g/mol. The zero-order valence-corrected chi connectivity index (χ0v) is 14.3. The molecule has 0 bridgehead atoms. The number of nitrogens with two attached hydrogens (primary N) is 1. The number of aromatic hydroxyl groups is 1. The molecule has 0 aliphatic rings. The summed E-state index contributed by atoms with van der Waals surface area (Å²) in [6.45, 7) is 0. The molecule has 0 fully saturated rings. The van der Waals surface area contributed by atoms with E-state index in [1.54, 1.807) is 30.3 Å². The van der Waals surface area contributed by atoms with Gasteiger partial charge < -0.3 is 10.8 Å². The van der Waals surface area contributed by atoms with E-state index < -0.39 is 5.91 Å². The Balaban J connectivity index is 1.83. The highest BCUT2D eigenvalue weighted by Gasteiger charge is 2.16. The SMILES string of the molecule is NC(=O)c1cc(-c2ccc(O)cc2)nc2n[nH]c(C=Cc3ccccc3)c12. The van der Waals surface area contributed by atoms with Crippen molar-refractivity contribution in [1.29, 1.82) is 0 Å². The Labute approximate surface area is 155 Å². The number of rotatable bonds is 4. The molecule has 0 radical (unpaired) electrons. The van der Waals surface area contributed by atoms with E-state index in [1.807, 2.05) is 42.5 Å². The van der Waals surface area contributed by atoms with Crippen LogP contribution in [0, 0.1) is 0 Å². The van der Waals surface area contributed by atoms with Gasteiger partial charge in [-0.15, -0.1) is 0 Å². The molecular weight excluding hydrogens is 340 g/mol. The summed E-state index contributed by atoms with van der Waals surface area (Å²) in [5, 5.41) is 17.2. The van der Waals surface area contributed by atoms with E-state index in [-0.39, 0.29) is 5.75 Å². The number of pyridine rings is 1. The van der Waals surface area contributed by atoms with E-state index >= 15 is 0 Å². The average Bonchev–Trinajstić information content (AvgIpc) is 3.10. The number of hydrogen-bond donors (Lipinski definition) is 3. The van der Waals surface area contributed by atoms with E-state index in [1.165, 1.54) is 0 Å². The third-order valence-corrected chi connectivity index (χ3v) is 4.22. The second kappa shape index (κ2) is 6.76. The Morgan fingerprint density at radius 2 is 1.78 bits per heavy atom. The molecular formula is C21H16N4O2. The molecule has 6 heteroatoms. The first-order chi connectivity index (χ1) is 13.1. The van der Waals surface area contributed by atoms with Gasteiger partial charge in [-0.3, -0.25) is 9.89 Å². The Hall–Kier alpha value is -3.93. The van der Waals surface area contributed by atoms with Crippen molar-refractivity contribution in [3.05, 3.63) is 77.5 Å². The summed E-state index contributed by atoms with van der Waals surface area (Å²) in [6, 6.07) is 18.0. The molecule has 0 aliphatic heterocycles. The van der Waals surface area contributed by atoms with Crippen molar-refractivity contribution in [3.63, 3.8) is 0 Å². The molecule has 27 heavy (non-hydrogen) atoms. The normalized spacial score (nSPS) is 11.3. The van der Waals surface area contributed by atoms with Crippen LogP contribution in [0.5, 0.6) is 5.75 Å². The van der Waals surface area contributed by atoms with Crippen LogP contribution in [0.3, 0.4) is 0 Å². The van der Waals surface area contributed by atoms with Gasteiger partial charge in [0, 0.05) is 5.56 Å². The number of primary amides is 1. The fourth-order valence-electron chi connectivity index (χ4n) is 2.89. The number of phenolic OH excluding ortho intramolecular Hbond substituents is 1. The molecule has 1 amide bonds. The van der Waals surface area contributed by atoms with Crippen LogP contribution in [0.25, 0.3) is 34.4 Å². The maximum Gasteiger partial charge on any atom is 0.249 e. The molecule has 2 heterocycles. The van der Waals surface area contributed by atoms with Gasteiger partial charge in [0.05, 0.1) is 22.3 Å². The van der Waals surface area contributed by atoms with Gasteiger partial charge in [-0.05, 0) is 42.0 Å². The van der Waals surface area contributed by atoms with Crippen molar-refractivity contribution in [1.82, 2.24) is 15.2 Å². The Morgan fingerprint density at radius 1 is 1.04 bits per heavy atom. The minimum atomic E-state index is -0.557. The van der Waals surface area contributed by atoms with E-state index in [0.717, 1.165) is 11.1 Å². The number of phenols is 1. The minimum Gasteiger partial charge on any atom is -0.508 e. The first kappa shape index (κ1) is 16.5. The van der Waals surface area contributed by atoms with Crippen molar-refractivity contribution < 1.29 is 9.90 Å². The van der Waals surface area contributed by atoms with Crippen molar-refractivity contribution in [3.8, 4) is 17.0 Å². The summed E-state index contributed by atoms with van der Waals surface area (Å²) in [4.78, 5) is 16.6. The molecule has 0 saturated heterocycles. The number of benzene rings is 2. The maximum atomic E-state index is 12.1. The van der Waals surface area contributed by atoms with Gasteiger partial charge in [0.15, 0.2) is 5.65 Å². The number of carbonyl (C=O) groups excluding carboxylic acids is 1. The molecule has 4 aromatic rings. The number of amides is 1. The van der Waals surface area contributed by atoms with Crippen LogP contribution in [0.4, 0.5) is 0 Å². The monoisotopic (exact) mass is 356 g/mol. The molecule has 6 nitrogen and oxygen atoms in total. The molecule has 0 spiro atoms. The van der Waals surface area contributed by atoms with Crippen molar-refractivity contribution in [2.75, 3.05) is 0 Å². The van der Waals surface area contributed by atoms with Gasteiger partial charge in [0.2, 0.25) is 5.91 Å². The van der Waals surface area contributed by atoms with Crippen molar-refractivity contribution >= 4 is 29.1 Å². The maximum absolute atomic E-state index is 12.1.